The van der Waals surface area contributed by atoms with E-state index >= 15 is 0 Å². The Kier molecular flexibility index (Phi) is 3.53. The molecule has 20 heavy (non-hydrogen) atoms. The van der Waals surface area contributed by atoms with Crippen molar-refractivity contribution in [3.63, 3.8) is 0 Å². The molecule has 3 rings (SSSR count). The van der Waals surface area contributed by atoms with Crippen LogP contribution >= 0.6 is 0 Å². The maximum Gasteiger partial charge on any atom is 0.126 e. The minimum Gasteiger partial charge on any atom is -0.310 e. The van der Waals surface area contributed by atoms with Crippen LogP contribution in [-0.2, 0) is 13.1 Å². The van der Waals surface area contributed by atoms with Gasteiger partial charge < -0.3 is 5.32 Å². The van der Waals surface area contributed by atoms with E-state index in [4.69, 9.17) is 0 Å². The maximum atomic E-state index is 13.2. The first kappa shape index (κ1) is 13.2. The second-order valence-corrected chi connectivity index (χ2v) is 5.35. The van der Waals surface area contributed by atoms with Gasteiger partial charge in [0.05, 0.1) is 12.7 Å². The van der Waals surface area contributed by atoms with Crippen molar-refractivity contribution in [2.45, 2.75) is 38.9 Å². The summed E-state index contributed by atoms with van der Waals surface area (Å²) < 4.78 is 28.1. The average Bonchev–Trinajstić information content (AvgIpc) is 3.14. The van der Waals surface area contributed by atoms with Crippen LogP contribution in [0.1, 0.15) is 29.7 Å². The summed E-state index contributed by atoms with van der Waals surface area (Å²) in [5.41, 5.74) is 2.74. The first-order chi connectivity index (χ1) is 9.61. The van der Waals surface area contributed by atoms with Crippen LogP contribution in [-0.4, -0.2) is 15.8 Å². The molecule has 106 valence electrons. The summed E-state index contributed by atoms with van der Waals surface area (Å²) in [6, 6.07) is 4.21. The lowest BCUT2D eigenvalue weighted by atomic mass is 10.2. The van der Waals surface area contributed by atoms with Gasteiger partial charge in [-0.25, -0.2) is 8.78 Å². The van der Waals surface area contributed by atoms with Gasteiger partial charge >= 0.3 is 0 Å². The summed E-state index contributed by atoms with van der Waals surface area (Å²) in [7, 11) is 0. The predicted molar refractivity (Wildman–Crippen MR) is 72.3 cm³/mol. The van der Waals surface area contributed by atoms with E-state index in [2.05, 4.69) is 10.4 Å². The fourth-order valence-electron chi connectivity index (χ4n) is 2.24. The van der Waals surface area contributed by atoms with Crippen molar-refractivity contribution in [3.8, 4) is 0 Å². The Morgan fingerprint density at radius 1 is 1.25 bits per heavy atom. The molecule has 1 heterocycles. The minimum absolute atomic E-state index is 0.379. The largest absolute Gasteiger partial charge is 0.310 e. The zero-order valence-corrected chi connectivity index (χ0v) is 11.4. The van der Waals surface area contributed by atoms with Crippen LogP contribution in [0.4, 0.5) is 8.78 Å². The van der Waals surface area contributed by atoms with Gasteiger partial charge in [0, 0.05) is 29.9 Å². The van der Waals surface area contributed by atoms with Gasteiger partial charge in [-0.15, -0.1) is 0 Å². The van der Waals surface area contributed by atoms with Gasteiger partial charge in [0.1, 0.15) is 11.6 Å². The number of aromatic nitrogens is 2. The first-order valence-electron chi connectivity index (χ1n) is 6.81. The number of nitrogens with one attached hydrogen (secondary N) is 1. The summed E-state index contributed by atoms with van der Waals surface area (Å²) in [6.45, 7) is 3.16. The van der Waals surface area contributed by atoms with Crippen molar-refractivity contribution in [2.24, 2.45) is 0 Å². The number of rotatable bonds is 5. The van der Waals surface area contributed by atoms with E-state index in [0.29, 0.717) is 18.2 Å². The Hall–Kier alpha value is -1.75. The van der Waals surface area contributed by atoms with Crippen molar-refractivity contribution in [1.82, 2.24) is 15.1 Å². The van der Waals surface area contributed by atoms with E-state index in [1.54, 1.807) is 4.68 Å². The number of halogens is 2. The van der Waals surface area contributed by atoms with Crippen LogP contribution < -0.4 is 5.32 Å². The van der Waals surface area contributed by atoms with E-state index < -0.39 is 11.6 Å². The minimum atomic E-state index is -0.555. The highest BCUT2D eigenvalue weighted by Gasteiger charge is 2.20. The molecule has 0 atom stereocenters. The number of hydrogen-bond acceptors (Lipinski definition) is 2. The summed E-state index contributed by atoms with van der Waals surface area (Å²) in [6.07, 6.45) is 4.31. The highest BCUT2D eigenvalue weighted by Crippen LogP contribution is 2.20. The monoisotopic (exact) mass is 277 g/mol. The lowest BCUT2D eigenvalue weighted by molar-refractivity contribution is 0.573. The second-order valence-electron chi connectivity index (χ2n) is 5.35. The van der Waals surface area contributed by atoms with Crippen LogP contribution in [0.15, 0.2) is 24.4 Å². The van der Waals surface area contributed by atoms with E-state index in [9.17, 15) is 8.78 Å². The summed E-state index contributed by atoms with van der Waals surface area (Å²) in [5.74, 6) is -1.11. The summed E-state index contributed by atoms with van der Waals surface area (Å²) >= 11 is 0. The third-order valence-electron chi connectivity index (χ3n) is 3.62. The van der Waals surface area contributed by atoms with Gasteiger partial charge in [-0.2, -0.15) is 5.10 Å². The Labute approximate surface area is 116 Å². The Bertz CT molecular complexity index is 597. The van der Waals surface area contributed by atoms with Gasteiger partial charge in [0.25, 0.3) is 0 Å². The molecule has 0 spiro atoms. The highest BCUT2D eigenvalue weighted by atomic mass is 19.1. The standard InChI is InChI=1S/C15H17F2N3/c1-10-12(7-18-15-2-3-15)8-19-20(10)9-11-4-13(16)6-14(17)5-11/h4-6,8,15,18H,2-3,7,9H2,1H3. The second kappa shape index (κ2) is 5.32. The number of benzene rings is 1. The molecule has 1 aliphatic carbocycles. The normalized spacial score (nSPS) is 14.8. The van der Waals surface area contributed by atoms with Gasteiger partial charge in [-0.05, 0) is 37.5 Å². The zero-order chi connectivity index (χ0) is 14.1. The summed E-state index contributed by atoms with van der Waals surface area (Å²) in [4.78, 5) is 0. The molecule has 1 saturated carbocycles. The van der Waals surface area contributed by atoms with Gasteiger partial charge in [0.15, 0.2) is 0 Å². The SMILES string of the molecule is Cc1c(CNC2CC2)cnn1Cc1cc(F)cc(F)c1. The molecule has 0 unspecified atom stereocenters. The average molecular weight is 277 g/mol. The Morgan fingerprint density at radius 2 is 1.95 bits per heavy atom. The van der Waals surface area contributed by atoms with Gasteiger partial charge in [-0.1, -0.05) is 0 Å². The van der Waals surface area contributed by atoms with Crippen molar-refractivity contribution < 1.29 is 8.78 Å². The molecule has 1 aromatic carbocycles. The molecular weight excluding hydrogens is 260 g/mol. The van der Waals surface area contributed by atoms with Crippen molar-refractivity contribution in [3.05, 3.63) is 52.9 Å². The molecule has 0 saturated heterocycles. The van der Waals surface area contributed by atoms with Crippen LogP contribution in [0.2, 0.25) is 0 Å². The van der Waals surface area contributed by atoms with E-state index in [-0.39, 0.29) is 0 Å². The van der Waals surface area contributed by atoms with Crippen molar-refractivity contribution >= 4 is 0 Å². The van der Waals surface area contributed by atoms with Crippen LogP contribution in [0.25, 0.3) is 0 Å². The molecule has 2 aromatic rings. The smallest absolute Gasteiger partial charge is 0.126 e. The van der Waals surface area contributed by atoms with Gasteiger partial charge in [-0.3, -0.25) is 4.68 Å². The lowest BCUT2D eigenvalue weighted by Crippen LogP contribution is -2.16. The van der Waals surface area contributed by atoms with Crippen LogP contribution in [0.5, 0.6) is 0 Å². The topological polar surface area (TPSA) is 29.9 Å². The molecule has 1 aromatic heterocycles. The molecule has 1 aliphatic rings. The van der Waals surface area contributed by atoms with E-state index in [1.165, 1.54) is 25.0 Å². The molecule has 3 nitrogen and oxygen atoms in total. The molecule has 0 amide bonds. The molecule has 0 aliphatic heterocycles. The highest BCUT2D eigenvalue weighted by molar-refractivity contribution is 5.21. The fourth-order valence-corrected chi connectivity index (χ4v) is 2.24. The predicted octanol–water partition coefficient (Wildman–Crippen LogP) is 2.77. The Balaban J connectivity index is 1.73. The number of hydrogen-bond donors (Lipinski definition) is 1. The molecule has 1 fully saturated rings. The quantitative estimate of drug-likeness (QED) is 0.910. The molecule has 1 N–H and O–H groups in total. The van der Waals surface area contributed by atoms with E-state index in [0.717, 1.165) is 23.9 Å². The fraction of sp³-hybridized carbons (Fsp3) is 0.400. The van der Waals surface area contributed by atoms with Crippen molar-refractivity contribution in [1.29, 1.82) is 0 Å². The molecule has 5 heteroatoms. The maximum absolute atomic E-state index is 13.2. The molecular formula is C15H17F2N3. The van der Waals surface area contributed by atoms with E-state index in [1.807, 2.05) is 13.1 Å². The molecule has 0 radical (unpaired) electrons. The third kappa shape index (κ3) is 3.04. The Morgan fingerprint density at radius 3 is 2.60 bits per heavy atom. The molecule has 0 bridgehead atoms. The van der Waals surface area contributed by atoms with Crippen LogP contribution in [0, 0.1) is 18.6 Å². The zero-order valence-electron chi connectivity index (χ0n) is 11.4. The van der Waals surface area contributed by atoms with Gasteiger partial charge in [0.2, 0.25) is 0 Å². The third-order valence-corrected chi connectivity index (χ3v) is 3.62. The lowest BCUT2D eigenvalue weighted by Gasteiger charge is -2.07. The number of nitrogens with zero attached hydrogens (tertiary/aromatic N) is 2. The van der Waals surface area contributed by atoms with Crippen LogP contribution in [0.3, 0.4) is 0 Å². The first-order valence-corrected chi connectivity index (χ1v) is 6.81. The van der Waals surface area contributed by atoms with Crippen molar-refractivity contribution in [2.75, 3.05) is 0 Å². The summed E-state index contributed by atoms with van der Waals surface area (Å²) in [5, 5.41) is 7.74.